The maximum Gasteiger partial charge on any atom is 0.346 e. The standard InChI is InChI=1S/C21H15Cl3N4O5/c22-12-5-2-1-4-11(12)18(29)26-15(20(31)32)8-10-9-25-21(33)28-17(10)27-19(30)16-13(23)6-3-7-14(16)24/h1-7,9,15H,8H2,(H,26,29)(H,31,32)(H2,25,27,28,30,33). The molecule has 1 atom stereocenters. The molecule has 33 heavy (non-hydrogen) atoms. The zero-order chi connectivity index (χ0) is 24.1. The predicted molar refractivity (Wildman–Crippen MR) is 123 cm³/mol. The highest BCUT2D eigenvalue weighted by Crippen LogP contribution is 2.25. The topological polar surface area (TPSA) is 141 Å². The highest BCUT2D eigenvalue weighted by atomic mass is 35.5. The summed E-state index contributed by atoms with van der Waals surface area (Å²) in [5, 5.41) is 14.7. The van der Waals surface area contributed by atoms with Crippen molar-refractivity contribution in [1.82, 2.24) is 15.3 Å². The number of benzene rings is 2. The van der Waals surface area contributed by atoms with Gasteiger partial charge in [-0.05, 0) is 24.3 Å². The van der Waals surface area contributed by atoms with Crippen molar-refractivity contribution in [2.75, 3.05) is 5.32 Å². The van der Waals surface area contributed by atoms with Gasteiger partial charge in [0.15, 0.2) is 0 Å². The fourth-order valence-corrected chi connectivity index (χ4v) is 3.66. The summed E-state index contributed by atoms with van der Waals surface area (Å²) >= 11 is 18.1. The first-order valence-electron chi connectivity index (χ1n) is 9.29. The van der Waals surface area contributed by atoms with E-state index in [4.69, 9.17) is 34.8 Å². The zero-order valence-corrected chi connectivity index (χ0v) is 18.8. The molecule has 0 saturated carbocycles. The number of carbonyl (C=O) groups is 3. The number of nitrogens with one attached hydrogen (secondary N) is 3. The molecule has 0 saturated heterocycles. The third-order valence-corrected chi connectivity index (χ3v) is 5.41. The van der Waals surface area contributed by atoms with Crippen LogP contribution in [-0.2, 0) is 11.2 Å². The van der Waals surface area contributed by atoms with E-state index in [0.29, 0.717) is 0 Å². The van der Waals surface area contributed by atoms with Gasteiger partial charge in [-0.15, -0.1) is 0 Å². The fourth-order valence-electron chi connectivity index (χ4n) is 2.87. The lowest BCUT2D eigenvalue weighted by molar-refractivity contribution is -0.139. The van der Waals surface area contributed by atoms with Gasteiger partial charge in [0, 0.05) is 18.2 Å². The molecule has 170 valence electrons. The van der Waals surface area contributed by atoms with Crippen molar-refractivity contribution in [2.24, 2.45) is 0 Å². The van der Waals surface area contributed by atoms with E-state index in [0.717, 1.165) is 0 Å². The van der Waals surface area contributed by atoms with Crippen molar-refractivity contribution in [2.45, 2.75) is 12.5 Å². The largest absolute Gasteiger partial charge is 0.480 e. The van der Waals surface area contributed by atoms with E-state index < -0.39 is 29.5 Å². The van der Waals surface area contributed by atoms with Gasteiger partial charge in [-0.2, -0.15) is 4.98 Å². The molecule has 4 N–H and O–H groups in total. The molecular weight excluding hydrogens is 495 g/mol. The molecule has 3 aromatic rings. The molecule has 2 amide bonds. The van der Waals surface area contributed by atoms with Crippen molar-refractivity contribution in [3.05, 3.63) is 90.9 Å². The van der Waals surface area contributed by atoms with Gasteiger partial charge >= 0.3 is 11.7 Å². The molecule has 0 aliphatic heterocycles. The van der Waals surface area contributed by atoms with Crippen LogP contribution in [0.1, 0.15) is 26.3 Å². The molecule has 1 heterocycles. The normalized spacial score (nSPS) is 11.5. The van der Waals surface area contributed by atoms with Crippen LogP contribution in [0.25, 0.3) is 0 Å². The molecule has 1 unspecified atom stereocenters. The Labute approximate surface area is 201 Å². The second kappa shape index (κ2) is 10.5. The van der Waals surface area contributed by atoms with Crippen LogP contribution < -0.4 is 16.3 Å². The number of hydrogen-bond donors (Lipinski definition) is 4. The maximum atomic E-state index is 12.7. The Morgan fingerprint density at radius 1 is 0.970 bits per heavy atom. The van der Waals surface area contributed by atoms with Crippen LogP contribution in [-0.4, -0.2) is 38.9 Å². The van der Waals surface area contributed by atoms with Crippen LogP contribution >= 0.6 is 34.8 Å². The molecule has 1 aromatic heterocycles. The van der Waals surface area contributed by atoms with E-state index in [-0.39, 0.29) is 44.0 Å². The lowest BCUT2D eigenvalue weighted by Crippen LogP contribution is -2.42. The Bertz CT molecular complexity index is 1270. The molecule has 0 bridgehead atoms. The summed E-state index contributed by atoms with van der Waals surface area (Å²) < 4.78 is 0. The van der Waals surface area contributed by atoms with Gasteiger partial charge in [-0.1, -0.05) is 53.0 Å². The van der Waals surface area contributed by atoms with E-state index in [1.807, 2.05) is 0 Å². The van der Waals surface area contributed by atoms with Gasteiger partial charge in [0.05, 0.1) is 26.2 Å². The first-order chi connectivity index (χ1) is 15.7. The number of aromatic nitrogens is 2. The van der Waals surface area contributed by atoms with Crippen molar-refractivity contribution in [1.29, 1.82) is 0 Å². The summed E-state index contributed by atoms with van der Waals surface area (Å²) in [7, 11) is 0. The lowest BCUT2D eigenvalue weighted by atomic mass is 10.1. The van der Waals surface area contributed by atoms with E-state index in [2.05, 4.69) is 20.6 Å². The molecule has 9 nitrogen and oxygen atoms in total. The molecule has 0 fully saturated rings. The number of nitrogens with zero attached hydrogens (tertiary/aromatic N) is 1. The van der Waals surface area contributed by atoms with E-state index >= 15 is 0 Å². The SMILES string of the molecule is O=C(NC(Cc1c[nH]c(=O)nc1NC(=O)c1c(Cl)cccc1Cl)C(=O)O)c1ccccc1Cl. The number of halogens is 3. The average molecular weight is 510 g/mol. The number of hydrogen-bond acceptors (Lipinski definition) is 5. The number of aromatic amines is 1. The monoisotopic (exact) mass is 508 g/mol. The molecule has 3 rings (SSSR count). The Morgan fingerprint density at radius 2 is 1.61 bits per heavy atom. The first kappa shape index (κ1) is 24.2. The van der Waals surface area contributed by atoms with Crippen molar-refractivity contribution in [3.8, 4) is 0 Å². The Morgan fingerprint density at radius 3 is 2.24 bits per heavy atom. The number of aliphatic carboxylic acids is 1. The van der Waals surface area contributed by atoms with Crippen LogP contribution in [0, 0.1) is 0 Å². The highest BCUT2D eigenvalue weighted by Gasteiger charge is 2.25. The van der Waals surface area contributed by atoms with Crippen LogP contribution in [0.4, 0.5) is 5.82 Å². The summed E-state index contributed by atoms with van der Waals surface area (Å²) in [4.78, 5) is 54.8. The number of carbonyl (C=O) groups excluding carboxylic acids is 2. The molecule has 0 aliphatic rings. The van der Waals surface area contributed by atoms with Crippen LogP contribution in [0.15, 0.2) is 53.5 Å². The van der Waals surface area contributed by atoms with Crippen LogP contribution in [0.3, 0.4) is 0 Å². The fraction of sp³-hybridized carbons (Fsp3) is 0.0952. The second-order valence-electron chi connectivity index (χ2n) is 6.68. The minimum absolute atomic E-state index is 0.0457. The van der Waals surface area contributed by atoms with E-state index in [1.54, 1.807) is 18.2 Å². The molecule has 12 heteroatoms. The highest BCUT2D eigenvalue weighted by molar-refractivity contribution is 6.40. The van der Waals surface area contributed by atoms with E-state index in [1.165, 1.54) is 30.5 Å². The van der Waals surface area contributed by atoms with E-state index in [9.17, 15) is 24.3 Å². The van der Waals surface area contributed by atoms with Gasteiger partial charge in [-0.25, -0.2) is 9.59 Å². The number of amides is 2. The lowest BCUT2D eigenvalue weighted by Gasteiger charge is -2.17. The number of carboxylic acid groups (broad SMARTS) is 1. The van der Waals surface area contributed by atoms with Crippen LogP contribution in [0.5, 0.6) is 0 Å². The summed E-state index contributed by atoms with van der Waals surface area (Å²) in [5.41, 5.74) is -0.605. The zero-order valence-electron chi connectivity index (χ0n) is 16.6. The number of anilines is 1. The van der Waals surface area contributed by atoms with Gasteiger partial charge < -0.3 is 20.7 Å². The average Bonchev–Trinajstić information content (AvgIpc) is 2.75. The van der Waals surface area contributed by atoms with Gasteiger partial charge in [0.25, 0.3) is 11.8 Å². The van der Waals surface area contributed by atoms with Crippen molar-refractivity contribution in [3.63, 3.8) is 0 Å². The van der Waals surface area contributed by atoms with Gasteiger partial charge in [0.1, 0.15) is 11.9 Å². The molecule has 2 aromatic carbocycles. The predicted octanol–water partition coefficient (Wildman–Crippen LogP) is 3.41. The molecule has 0 aliphatic carbocycles. The quantitative estimate of drug-likeness (QED) is 0.385. The summed E-state index contributed by atoms with van der Waals surface area (Å²) in [6, 6.07) is 9.18. The Kier molecular flexibility index (Phi) is 7.70. The van der Waals surface area contributed by atoms with Gasteiger partial charge in [-0.3, -0.25) is 9.59 Å². The number of H-pyrrole nitrogens is 1. The number of carboxylic acids is 1. The Hall–Kier alpha value is -3.40. The maximum absolute atomic E-state index is 12.7. The van der Waals surface area contributed by atoms with Gasteiger partial charge in [0.2, 0.25) is 0 Å². The molecule has 0 spiro atoms. The first-order valence-corrected chi connectivity index (χ1v) is 10.4. The van der Waals surface area contributed by atoms with Crippen molar-refractivity contribution >= 4 is 58.4 Å². The summed E-state index contributed by atoms with van der Waals surface area (Å²) in [5.74, 6) is -3.03. The third kappa shape index (κ3) is 5.89. The van der Waals surface area contributed by atoms with Crippen molar-refractivity contribution < 1.29 is 19.5 Å². The smallest absolute Gasteiger partial charge is 0.346 e. The molecular formula is C21H15Cl3N4O5. The number of rotatable bonds is 7. The second-order valence-corrected chi connectivity index (χ2v) is 7.90. The van der Waals surface area contributed by atoms with Crippen LogP contribution in [0.2, 0.25) is 15.1 Å². The minimum Gasteiger partial charge on any atom is -0.480 e. The Balaban J connectivity index is 1.87. The summed E-state index contributed by atoms with van der Waals surface area (Å²) in [6.45, 7) is 0. The molecule has 0 radical (unpaired) electrons. The third-order valence-electron chi connectivity index (χ3n) is 4.46. The summed E-state index contributed by atoms with van der Waals surface area (Å²) in [6.07, 6.45) is 0.873. The minimum atomic E-state index is -1.43.